The van der Waals surface area contributed by atoms with E-state index in [0.29, 0.717) is 0 Å². The molecule has 2 rings (SSSR count). The van der Waals surface area contributed by atoms with Gasteiger partial charge in [0.2, 0.25) is 0 Å². The lowest BCUT2D eigenvalue weighted by Crippen LogP contribution is -1.85. The number of hydrogen-bond acceptors (Lipinski definition) is 0. The SMILES string of the molecule is Clc1cccc(-c2ccccc2CBr)c1. The van der Waals surface area contributed by atoms with E-state index in [4.69, 9.17) is 11.6 Å². The third kappa shape index (κ3) is 2.42. The van der Waals surface area contributed by atoms with Crippen molar-refractivity contribution in [3.05, 3.63) is 59.1 Å². The van der Waals surface area contributed by atoms with Crippen LogP contribution in [-0.2, 0) is 5.33 Å². The monoisotopic (exact) mass is 280 g/mol. The molecule has 0 unspecified atom stereocenters. The van der Waals surface area contributed by atoms with E-state index in [0.717, 1.165) is 15.9 Å². The fourth-order valence-electron chi connectivity index (χ4n) is 1.57. The molecule has 0 atom stereocenters. The standard InChI is InChI=1S/C13H10BrCl/c14-9-11-4-1-2-7-13(11)10-5-3-6-12(15)8-10/h1-8H,9H2. The van der Waals surface area contributed by atoms with Crippen LogP contribution in [0.1, 0.15) is 5.56 Å². The van der Waals surface area contributed by atoms with Crippen LogP contribution in [0.25, 0.3) is 11.1 Å². The minimum Gasteiger partial charge on any atom is -0.0876 e. The third-order valence-corrected chi connectivity index (χ3v) is 3.14. The van der Waals surface area contributed by atoms with Crippen LogP contribution < -0.4 is 0 Å². The molecule has 2 aromatic carbocycles. The van der Waals surface area contributed by atoms with Gasteiger partial charge in [0.1, 0.15) is 0 Å². The number of alkyl halides is 1. The lowest BCUT2D eigenvalue weighted by molar-refractivity contribution is 1.43. The summed E-state index contributed by atoms with van der Waals surface area (Å²) in [6, 6.07) is 16.3. The summed E-state index contributed by atoms with van der Waals surface area (Å²) in [5.74, 6) is 0. The summed E-state index contributed by atoms with van der Waals surface area (Å²) in [4.78, 5) is 0. The van der Waals surface area contributed by atoms with E-state index in [1.165, 1.54) is 11.1 Å². The number of rotatable bonds is 2. The van der Waals surface area contributed by atoms with Gasteiger partial charge in [-0.2, -0.15) is 0 Å². The van der Waals surface area contributed by atoms with Crippen molar-refractivity contribution in [2.75, 3.05) is 0 Å². The second-order valence-corrected chi connectivity index (χ2v) is 4.30. The normalized spacial score (nSPS) is 10.3. The summed E-state index contributed by atoms with van der Waals surface area (Å²) in [5.41, 5.74) is 3.68. The van der Waals surface area contributed by atoms with E-state index in [-0.39, 0.29) is 0 Å². The highest BCUT2D eigenvalue weighted by atomic mass is 79.9. The maximum absolute atomic E-state index is 5.98. The van der Waals surface area contributed by atoms with Crippen LogP contribution in [0.4, 0.5) is 0 Å². The van der Waals surface area contributed by atoms with Crippen LogP contribution in [0.15, 0.2) is 48.5 Å². The zero-order valence-corrected chi connectivity index (χ0v) is 10.4. The van der Waals surface area contributed by atoms with E-state index < -0.39 is 0 Å². The summed E-state index contributed by atoms with van der Waals surface area (Å²) in [7, 11) is 0. The predicted molar refractivity (Wildman–Crippen MR) is 69.5 cm³/mol. The molecule has 0 saturated heterocycles. The van der Waals surface area contributed by atoms with Gasteiger partial charge in [-0.3, -0.25) is 0 Å². The first kappa shape index (κ1) is 10.7. The zero-order chi connectivity index (χ0) is 10.7. The second kappa shape index (κ2) is 4.82. The minimum absolute atomic E-state index is 0.775. The molecule has 0 N–H and O–H groups in total. The maximum Gasteiger partial charge on any atom is 0.0412 e. The van der Waals surface area contributed by atoms with Crippen LogP contribution in [0, 0.1) is 0 Å². The van der Waals surface area contributed by atoms with Crippen molar-refractivity contribution in [2.45, 2.75) is 5.33 Å². The van der Waals surface area contributed by atoms with Gasteiger partial charge in [-0.05, 0) is 28.8 Å². The summed E-state index contributed by atoms with van der Waals surface area (Å²) in [6.07, 6.45) is 0. The predicted octanol–water partition coefficient (Wildman–Crippen LogP) is 4.90. The summed E-state index contributed by atoms with van der Waals surface area (Å²) >= 11 is 9.47. The molecule has 0 aliphatic heterocycles. The summed E-state index contributed by atoms with van der Waals surface area (Å²) in [5, 5.41) is 1.63. The van der Waals surface area contributed by atoms with Gasteiger partial charge in [0, 0.05) is 10.4 Å². The fourth-order valence-corrected chi connectivity index (χ4v) is 2.25. The molecule has 0 saturated carbocycles. The highest BCUT2D eigenvalue weighted by Gasteiger charge is 2.03. The van der Waals surface area contributed by atoms with Crippen molar-refractivity contribution < 1.29 is 0 Å². The number of halogens is 2. The van der Waals surface area contributed by atoms with Crippen LogP contribution in [0.5, 0.6) is 0 Å². The molecule has 2 aromatic rings. The highest BCUT2D eigenvalue weighted by Crippen LogP contribution is 2.27. The van der Waals surface area contributed by atoms with Crippen molar-refractivity contribution in [3.63, 3.8) is 0 Å². The topological polar surface area (TPSA) is 0 Å². The van der Waals surface area contributed by atoms with Gasteiger partial charge in [-0.15, -0.1) is 0 Å². The van der Waals surface area contributed by atoms with Gasteiger partial charge >= 0.3 is 0 Å². The Kier molecular flexibility index (Phi) is 3.45. The molecule has 0 spiro atoms. The van der Waals surface area contributed by atoms with Crippen molar-refractivity contribution in [1.82, 2.24) is 0 Å². The van der Waals surface area contributed by atoms with Crippen molar-refractivity contribution >= 4 is 27.5 Å². The summed E-state index contributed by atoms with van der Waals surface area (Å²) < 4.78 is 0. The molecule has 0 heterocycles. The van der Waals surface area contributed by atoms with E-state index >= 15 is 0 Å². The molecule has 2 heteroatoms. The Morgan fingerprint density at radius 2 is 1.80 bits per heavy atom. The summed E-state index contributed by atoms with van der Waals surface area (Å²) in [6.45, 7) is 0. The Morgan fingerprint density at radius 1 is 1.00 bits per heavy atom. The van der Waals surface area contributed by atoms with Crippen LogP contribution >= 0.6 is 27.5 Å². The largest absolute Gasteiger partial charge is 0.0876 e. The Hall–Kier alpha value is -0.790. The molecule has 15 heavy (non-hydrogen) atoms. The molecule has 0 bridgehead atoms. The average Bonchev–Trinajstić information content (AvgIpc) is 2.29. The van der Waals surface area contributed by atoms with Crippen molar-refractivity contribution in [1.29, 1.82) is 0 Å². The molecular weight excluding hydrogens is 271 g/mol. The van der Waals surface area contributed by atoms with Gasteiger partial charge < -0.3 is 0 Å². The van der Waals surface area contributed by atoms with Crippen LogP contribution in [0.3, 0.4) is 0 Å². The molecule has 0 nitrogen and oxygen atoms in total. The number of benzene rings is 2. The lowest BCUT2D eigenvalue weighted by atomic mass is 10.0. The van der Waals surface area contributed by atoms with Gasteiger partial charge in [0.05, 0.1) is 0 Å². The van der Waals surface area contributed by atoms with E-state index in [1.807, 2.05) is 30.3 Å². The Labute approximate surface area is 103 Å². The Morgan fingerprint density at radius 3 is 2.53 bits per heavy atom. The van der Waals surface area contributed by atoms with Gasteiger partial charge in [0.25, 0.3) is 0 Å². The van der Waals surface area contributed by atoms with Crippen molar-refractivity contribution in [2.24, 2.45) is 0 Å². The second-order valence-electron chi connectivity index (χ2n) is 3.30. The first-order chi connectivity index (χ1) is 7.31. The average molecular weight is 282 g/mol. The quantitative estimate of drug-likeness (QED) is 0.687. The molecule has 0 radical (unpaired) electrons. The van der Waals surface area contributed by atoms with E-state index in [9.17, 15) is 0 Å². The highest BCUT2D eigenvalue weighted by molar-refractivity contribution is 9.08. The zero-order valence-electron chi connectivity index (χ0n) is 8.08. The fraction of sp³-hybridized carbons (Fsp3) is 0.0769. The molecule has 76 valence electrons. The molecular formula is C13H10BrCl. The Bertz CT molecular complexity index is 466. The first-order valence-corrected chi connectivity index (χ1v) is 6.21. The van der Waals surface area contributed by atoms with Crippen LogP contribution in [-0.4, -0.2) is 0 Å². The maximum atomic E-state index is 5.98. The third-order valence-electron chi connectivity index (χ3n) is 2.30. The molecule has 0 amide bonds. The molecule has 0 aliphatic carbocycles. The van der Waals surface area contributed by atoms with Gasteiger partial charge in [-0.25, -0.2) is 0 Å². The van der Waals surface area contributed by atoms with E-state index in [1.54, 1.807) is 0 Å². The smallest absolute Gasteiger partial charge is 0.0412 e. The first-order valence-electron chi connectivity index (χ1n) is 4.71. The molecule has 0 aliphatic rings. The van der Waals surface area contributed by atoms with Gasteiger partial charge in [-0.1, -0.05) is 63.9 Å². The molecule has 0 aromatic heterocycles. The Balaban J connectivity index is 2.53. The lowest BCUT2D eigenvalue weighted by Gasteiger charge is -2.07. The minimum atomic E-state index is 0.775. The molecule has 0 fully saturated rings. The van der Waals surface area contributed by atoms with Crippen LogP contribution in [0.2, 0.25) is 5.02 Å². The van der Waals surface area contributed by atoms with Gasteiger partial charge in [0.15, 0.2) is 0 Å². The van der Waals surface area contributed by atoms with Crippen molar-refractivity contribution in [3.8, 4) is 11.1 Å². The number of hydrogen-bond donors (Lipinski definition) is 0. The van der Waals surface area contributed by atoms with E-state index in [2.05, 4.69) is 34.1 Å².